The zero-order valence-electron chi connectivity index (χ0n) is 14.9. The van der Waals surface area contributed by atoms with Crippen LogP contribution in [0.2, 0.25) is 0 Å². The lowest BCUT2D eigenvalue weighted by Gasteiger charge is -2.14. The number of carbonyl (C=O) groups excluding carboxylic acids is 2. The fourth-order valence-electron chi connectivity index (χ4n) is 3.05. The summed E-state index contributed by atoms with van der Waals surface area (Å²) in [6, 6.07) is 17.4. The Morgan fingerprint density at radius 1 is 0.962 bits per heavy atom. The molecular weight excluding hydrogens is 324 g/mol. The quantitative estimate of drug-likeness (QED) is 0.805. The lowest BCUT2D eigenvalue weighted by Crippen LogP contribution is -2.27. The molecule has 1 N–H and O–H groups in total. The molecule has 2 aromatic rings. The van der Waals surface area contributed by atoms with Crippen molar-refractivity contribution in [2.24, 2.45) is 0 Å². The first-order chi connectivity index (χ1) is 12.7. The van der Waals surface area contributed by atoms with Crippen molar-refractivity contribution in [1.29, 1.82) is 0 Å². The van der Waals surface area contributed by atoms with Gasteiger partial charge in [-0.25, -0.2) is 0 Å². The Kier molecular flexibility index (Phi) is 6.20. The summed E-state index contributed by atoms with van der Waals surface area (Å²) < 4.78 is 0. The standard InChI is InChI=1S/C22H24N2O2/c25-21(14-10-18-6-2-1-3-7-18)23-20-12-8-19(9-13-20)11-15-22(26)24-16-4-5-17-24/h1-3,6-10,12-14H,4-5,11,15-17H2,(H,23,25). The molecule has 1 heterocycles. The third-order valence-corrected chi connectivity index (χ3v) is 4.53. The summed E-state index contributed by atoms with van der Waals surface area (Å²) >= 11 is 0. The van der Waals surface area contributed by atoms with E-state index in [2.05, 4.69) is 5.32 Å². The van der Waals surface area contributed by atoms with E-state index in [1.54, 1.807) is 6.08 Å². The Balaban J connectivity index is 1.47. The van der Waals surface area contributed by atoms with Gasteiger partial charge in [0.2, 0.25) is 11.8 Å². The fourth-order valence-corrected chi connectivity index (χ4v) is 3.05. The zero-order chi connectivity index (χ0) is 18.2. The van der Waals surface area contributed by atoms with Crippen LogP contribution in [0.15, 0.2) is 60.7 Å². The monoisotopic (exact) mass is 348 g/mol. The van der Waals surface area contributed by atoms with E-state index in [9.17, 15) is 9.59 Å². The summed E-state index contributed by atoms with van der Waals surface area (Å²) in [6.07, 6.45) is 6.84. The van der Waals surface area contributed by atoms with Crippen LogP contribution in [-0.4, -0.2) is 29.8 Å². The number of carbonyl (C=O) groups is 2. The van der Waals surface area contributed by atoms with Gasteiger partial charge in [0.05, 0.1) is 0 Å². The van der Waals surface area contributed by atoms with E-state index in [4.69, 9.17) is 0 Å². The number of nitrogens with one attached hydrogen (secondary N) is 1. The molecule has 2 aromatic carbocycles. The molecule has 0 aliphatic carbocycles. The van der Waals surface area contributed by atoms with Crippen LogP contribution >= 0.6 is 0 Å². The molecule has 0 unspecified atom stereocenters. The first kappa shape index (κ1) is 17.9. The van der Waals surface area contributed by atoms with Gasteiger partial charge >= 0.3 is 0 Å². The number of likely N-dealkylation sites (tertiary alicyclic amines) is 1. The Labute approximate surface area is 154 Å². The van der Waals surface area contributed by atoms with Gasteiger partial charge in [-0.2, -0.15) is 0 Å². The minimum absolute atomic E-state index is 0.161. The molecule has 0 atom stereocenters. The lowest BCUT2D eigenvalue weighted by atomic mass is 10.1. The molecule has 2 amide bonds. The zero-order valence-corrected chi connectivity index (χ0v) is 14.9. The number of benzene rings is 2. The second kappa shape index (κ2) is 8.99. The average molecular weight is 348 g/mol. The molecule has 1 fully saturated rings. The van der Waals surface area contributed by atoms with Gasteiger partial charge in [0.15, 0.2) is 0 Å². The molecular formula is C22H24N2O2. The first-order valence-electron chi connectivity index (χ1n) is 9.11. The van der Waals surface area contributed by atoms with E-state index in [-0.39, 0.29) is 11.8 Å². The minimum Gasteiger partial charge on any atom is -0.343 e. The number of rotatable bonds is 6. The summed E-state index contributed by atoms with van der Waals surface area (Å²) in [5.74, 6) is 0.0803. The minimum atomic E-state index is -0.161. The molecule has 1 aliphatic heterocycles. The molecule has 0 radical (unpaired) electrons. The van der Waals surface area contributed by atoms with E-state index in [0.717, 1.165) is 49.2 Å². The summed E-state index contributed by atoms with van der Waals surface area (Å²) in [6.45, 7) is 1.81. The third kappa shape index (κ3) is 5.31. The van der Waals surface area contributed by atoms with Gasteiger partial charge < -0.3 is 10.2 Å². The van der Waals surface area contributed by atoms with Gasteiger partial charge in [-0.3, -0.25) is 9.59 Å². The molecule has 0 spiro atoms. The molecule has 0 bridgehead atoms. The maximum absolute atomic E-state index is 12.1. The highest BCUT2D eigenvalue weighted by Gasteiger charge is 2.17. The van der Waals surface area contributed by atoms with Crippen LogP contribution in [-0.2, 0) is 16.0 Å². The second-order valence-electron chi connectivity index (χ2n) is 6.52. The number of aryl methyl sites for hydroxylation is 1. The Morgan fingerprint density at radius 3 is 2.35 bits per heavy atom. The van der Waals surface area contributed by atoms with Crippen molar-refractivity contribution in [3.63, 3.8) is 0 Å². The highest BCUT2D eigenvalue weighted by atomic mass is 16.2. The fraction of sp³-hybridized carbons (Fsp3) is 0.273. The summed E-state index contributed by atoms with van der Waals surface area (Å²) in [5.41, 5.74) is 2.85. The predicted molar refractivity (Wildman–Crippen MR) is 105 cm³/mol. The molecule has 3 rings (SSSR count). The van der Waals surface area contributed by atoms with Crippen LogP contribution < -0.4 is 5.32 Å². The second-order valence-corrected chi connectivity index (χ2v) is 6.52. The first-order valence-corrected chi connectivity index (χ1v) is 9.11. The van der Waals surface area contributed by atoms with Crippen LogP contribution in [0.25, 0.3) is 6.08 Å². The summed E-state index contributed by atoms with van der Waals surface area (Å²) in [5, 5.41) is 2.85. The van der Waals surface area contributed by atoms with E-state index in [1.807, 2.05) is 59.5 Å². The molecule has 1 saturated heterocycles. The van der Waals surface area contributed by atoms with Crippen molar-refractivity contribution in [2.45, 2.75) is 25.7 Å². The molecule has 134 valence electrons. The Hall–Kier alpha value is -2.88. The SMILES string of the molecule is O=C(C=Cc1ccccc1)Nc1ccc(CCC(=O)N2CCCC2)cc1. The van der Waals surface area contributed by atoms with Crippen molar-refractivity contribution < 1.29 is 9.59 Å². The Bertz CT molecular complexity index is 760. The van der Waals surface area contributed by atoms with Gasteiger partial charge in [-0.1, -0.05) is 42.5 Å². The normalized spacial score (nSPS) is 13.9. The van der Waals surface area contributed by atoms with Gasteiger partial charge in [-0.05, 0) is 48.6 Å². The summed E-state index contributed by atoms with van der Waals surface area (Å²) in [4.78, 5) is 26.0. The van der Waals surface area contributed by atoms with E-state index in [0.29, 0.717) is 6.42 Å². The molecule has 1 aliphatic rings. The van der Waals surface area contributed by atoms with E-state index < -0.39 is 0 Å². The van der Waals surface area contributed by atoms with Crippen molar-refractivity contribution in [1.82, 2.24) is 4.90 Å². The number of nitrogens with zero attached hydrogens (tertiary/aromatic N) is 1. The molecule has 26 heavy (non-hydrogen) atoms. The van der Waals surface area contributed by atoms with Gasteiger partial charge in [0.1, 0.15) is 0 Å². The Morgan fingerprint density at radius 2 is 1.65 bits per heavy atom. The number of anilines is 1. The van der Waals surface area contributed by atoms with E-state index in [1.165, 1.54) is 6.08 Å². The van der Waals surface area contributed by atoms with Crippen molar-refractivity contribution >= 4 is 23.6 Å². The lowest BCUT2D eigenvalue weighted by molar-refractivity contribution is -0.130. The topological polar surface area (TPSA) is 49.4 Å². The van der Waals surface area contributed by atoms with Gasteiger partial charge in [0, 0.05) is 31.3 Å². The molecule has 4 nitrogen and oxygen atoms in total. The summed E-state index contributed by atoms with van der Waals surface area (Å²) in [7, 11) is 0. The predicted octanol–water partition coefficient (Wildman–Crippen LogP) is 3.89. The van der Waals surface area contributed by atoms with Crippen LogP contribution in [0.5, 0.6) is 0 Å². The maximum atomic E-state index is 12.1. The number of hydrogen-bond acceptors (Lipinski definition) is 2. The number of amides is 2. The average Bonchev–Trinajstić information content (AvgIpc) is 3.21. The number of hydrogen-bond donors (Lipinski definition) is 1. The van der Waals surface area contributed by atoms with Crippen molar-refractivity contribution in [3.05, 3.63) is 71.8 Å². The maximum Gasteiger partial charge on any atom is 0.248 e. The van der Waals surface area contributed by atoms with Crippen LogP contribution in [0, 0.1) is 0 Å². The molecule has 4 heteroatoms. The van der Waals surface area contributed by atoms with Crippen molar-refractivity contribution in [3.8, 4) is 0 Å². The van der Waals surface area contributed by atoms with Gasteiger partial charge in [0.25, 0.3) is 0 Å². The third-order valence-electron chi connectivity index (χ3n) is 4.53. The van der Waals surface area contributed by atoms with Crippen molar-refractivity contribution in [2.75, 3.05) is 18.4 Å². The van der Waals surface area contributed by atoms with Gasteiger partial charge in [-0.15, -0.1) is 0 Å². The molecule has 0 saturated carbocycles. The van der Waals surface area contributed by atoms with Crippen LogP contribution in [0.3, 0.4) is 0 Å². The molecule has 0 aromatic heterocycles. The van der Waals surface area contributed by atoms with Crippen LogP contribution in [0.4, 0.5) is 5.69 Å². The largest absolute Gasteiger partial charge is 0.343 e. The smallest absolute Gasteiger partial charge is 0.248 e. The van der Waals surface area contributed by atoms with E-state index >= 15 is 0 Å². The van der Waals surface area contributed by atoms with Crippen LogP contribution in [0.1, 0.15) is 30.4 Å². The highest BCUT2D eigenvalue weighted by Crippen LogP contribution is 2.14. The highest BCUT2D eigenvalue weighted by molar-refractivity contribution is 6.01.